The van der Waals surface area contributed by atoms with E-state index in [9.17, 15) is 14.4 Å². The first kappa shape index (κ1) is 20.3. The Bertz CT molecular complexity index is 464. The molecule has 0 aliphatic heterocycles. The van der Waals surface area contributed by atoms with Gasteiger partial charge in [0.2, 0.25) is 5.91 Å². The van der Waals surface area contributed by atoms with E-state index in [1.807, 2.05) is 20.8 Å². The van der Waals surface area contributed by atoms with Gasteiger partial charge in [0.25, 0.3) is 0 Å². The molecule has 0 radical (unpaired) electrons. The van der Waals surface area contributed by atoms with E-state index in [1.165, 1.54) is 18.9 Å². The molecule has 1 fully saturated rings. The lowest BCUT2D eigenvalue weighted by Gasteiger charge is -2.32. The minimum absolute atomic E-state index is 0.108. The average molecular weight is 342 g/mol. The number of carboxylic acids is 1. The number of nitrogens with one attached hydrogen (secondary N) is 1. The van der Waals surface area contributed by atoms with Gasteiger partial charge < -0.3 is 20.1 Å². The molecule has 0 bridgehead atoms. The number of carboxylic acid groups (broad SMARTS) is 1. The number of nitrogens with zero attached hydrogens (tertiary/aromatic N) is 1. The van der Waals surface area contributed by atoms with E-state index in [-0.39, 0.29) is 11.8 Å². The van der Waals surface area contributed by atoms with Crippen LogP contribution in [0, 0.1) is 11.8 Å². The zero-order valence-electron chi connectivity index (χ0n) is 15.3. The van der Waals surface area contributed by atoms with Gasteiger partial charge in [0.15, 0.2) is 0 Å². The molecule has 0 aromatic carbocycles. The van der Waals surface area contributed by atoms with Crippen LogP contribution >= 0.6 is 0 Å². The Morgan fingerprint density at radius 3 is 2.21 bits per heavy atom. The number of aliphatic carboxylic acids is 1. The van der Waals surface area contributed by atoms with Crippen molar-refractivity contribution in [3.63, 3.8) is 0 Å². The lowest BCUT2D eigenvalue weighted by Crippen LogP contribution is -2.44. The highest BCUT2D eigenvalue weighted by Gasteiger charge is 2.31. The number of hydrogen-bond acceptors (Lipinski definition) is 4. The van der Waals surface area contributed by atoms with Crippen LogP contribution in [0.3, 0.4) is 0 Å². The molecular weight excluding hydrogens is 312 g/mol. The first-order valence-electron chi connectivity index (χ1n) is 8.47. The van der Waals surface area contributed by atoms with Crippen LogP contribution in [-0.2, 0) is 14.3 Å². The second-order valence-electron chi connectivity index (χ2n) is 7.56. The second kappa shape index (κ2) is 8.35. The minimum atomic E-state index is -0.999. The topological polar surface area (TPSA) is 95.9 Å². The first-order valence-corrected chi connectivity index (χ1v) is 8.47. The molecule has 1 saturated carbocycles. The smallest absolute Gasteiger partial charge is 0.407 e. The van der Waals surface area contributed by atoms with Crippen LogP contribution < -0.4 is 5.32 Å². The average Bonchev–Trinajstić information content (AvgIpc) is 2.49. The molecule has 0 aromatic rings. The third-order valence-electron chi connectivity index (χ3n) is 4.42. The van der Waals surface area contributed by atoms with E-state index >= 15 is 0 Å². The van der Waals surface area contributed by atoms with Crippen molar-refractivity contribution in [2.75, 3.05) is 13.6 Å². The number of carbonyl (C=O) groups is 3. The van der Waals surface area contributed by atoms with Gasteiger partial charge in [0, 0.05) is 19.5 Å². The van der Waals surface area contributed by atoms with Crippen LogP contribution in [0.4, 0.5) is 4.79 Å². The lowest BCUT2D eigenvalue weighted by molar-refractivity contribution is -0.150. The third kappa shape index (κ3) is 6.37. The Morgan fingerprint density at radius 2 is 1.75 bits per heavy atom. The molecule has 2 N–H and O–H groups in total. The first-order chi connectivity index (χ1) is 11.0. The maximum Gasteiger partial charge on any atom is 0.407 e. The van der Waals surface area contributed by atoms with Crippen molar-refractivity contribution in [1.82, 2.24) is 10.2 Å². The second-order valence-corrected chi connectivity index (χ2v) is 7.56. The lowest BCUT2D eigenvalue weighted by atomic mass is 9.81. The summed E-state index contributed by atoms with van der Waals surface area (Å²) in [6.45, 7) is 7.50. The maximum atomic E-state index is 12.3. The predicted molar refractivity (Wildman–Crippen MR) is 89.6 cm³/mol. The Kier molecular flexibility index (Phi) is 7.05. The molecule has 7 nitrogen and oxygen atoms in total. The van der Waals surface area contributed by atoms with Crippen molar-refractivity contribution < 1.29 is 24.2 Å². The van der Waals surface area contributed by atoms with Crippen molar-refractivity contribution in [2.45, 2.75) is 65.0 Å². The van der Waals surface area contributed by atoms with E-state index < -0.39 is 23.7 Å². The van der Waals surface area contributed by atoms with Gasteiger partial charge in [-0.3, -0.25) is 4.79 Å². The normalized spacial score (nSPS) is 22.4. The van der Waals surface area contributed by atoms with Crippen LogP contribution in [0.15, 0.2) is 0 Å². The molecule has 1 rings (SSSR count). The van der Waals surface area contributed by atoms with Gasteiger partial charge in [-0.25, -0.2) is 9.59 Å². The van der Waals surface area contributed by atoms with Gasteiger partial charge in [0.1, 0.15) is 11.6 Å². The summed E-state index contributed by atoms with van der Waals surface area (Å²) in [5.74, 6) is -0.914. The molecule has 0 spiro atoms. The maximum absolute atomic E-state index is 12.3. The van der Waals surface area contributed by atoms with Gasteiger partial charge in [-0.1, -0.05) is 0 Å². The Hall–Kier alpha value is -1.79. The van der Waals surface area contributed by atoms with Crippen LogP contribution in [0.5, 0.6) is 0 Å². The fourth-order valence-corrected chi connectivity index (χ4v) is 2.80. The summed E-state index contributed by atoms with van der Waals surface area (Å²) >= 11 is 0. The summed E-state index contributed by atoms with van der Waals surface area (Å²) in [5.41, 5.74) is -0.514. The summed E-state index contributed by atoms with van der Waals surface area (Å²) < 4.78 is 5.20. The van der Waals surface area contributed by atoms with Crippen LogP contribution in [0.1, 0.15) is 53.4 Å². The highest BCUT2D eigenvalue weighted by atomic mass is 16.6. The molecule has 0 unspecified atom stereocenters. The highest BCUT2D eigenvalue weighted by molar-refractivity contribution is 5.84. The number of hydrogen-bond donors (Lipinski definition) is 2. The van der Waals surface area contributed by atoms with Gasteiger partial charge in [-0.15, -0.1) is 0 Å². The van der Waals surface area contributed by atoms with Gasteiger partial charge >= 0.3 is 12.1 Å². The molecule has 7 heteroatoms. The number of amides is 2. The quantitative estimate of drug-likeness (QED) is 0.799. The molecule has 24 heavy (non-hydrogen) atoms. The molecule has 2 amide bonds. The summed E-state index contributed by atoms with van der Waals surface area (Å²) in [5, 5.41) is 11.8. The molecule has 1 aliphatic carbocycles. The molecule has 0 heterocycles. The summed E-state index contributed by atoms with van der Waals surface area (Å²) in [6.07, 6.45) is 2.69. The predicted octanol–water partition coefficient (Wildman–Crippen LogP) is 2.25. The fraction of sp³-hybridized carbons (Fsp3) is 0.824. The number of rotatable bonds is 5. The minimum Gasteiger partial charge on any atom is -0.480 e. The van der Waals surface area contributed by atoms with E-state index in [2.05, 4.69) is 5.32 Å². The fourth-order valence-electron chi connectivity index (χ4n) is 2.80. The van der Waals surface area contributed by atoms with E-state index in [1.54, 1.807) is 0 Å². The van der Waals surface area contributed by atoms with Crippen molar-refractivity contribution in [3.05, 3.63) is 0 Å². The summed E-state index contributed by atoms with van der Waals surface area (Å²) in [6, 6.07) is -0.816. The van der Waals surface area contributed by atoms with Gasteiger partial charge in [0.05, 0.1) is 0 Å². The monoisotopic (exact) mass is 342 g/mol. The highest BCUT2D eigenvalue weighted by Crippen LogP contribution is 2.30. The Labute approximate surface area is 143 Å². The van der Waals surface area contributed by atoms with Crippen LogP contribution in [0.25, 0.3) is 0 Å². The molecule has 1 atom stereocenters. The van der Waals surface area contributed by atoms with E-state index in [0.717, 1.165) is 25.7 Å². The van der Waals surface area contributed by atoms with Crippen molar-refractivity contribution in [2.24, 2.45) is 11.8 Å². The Balaban J connectivity index is 2.37. The molecule has 0 saturated heterocycles. The third-order valence-corrected chi connectivity index (χ3v) is 4.42. The van der Waals surface area contributed by atoms with Crippen molar-refractivity contribution >= 4 is 18.0 Å². The Morgan fingerprint density at radius 1 is 1.21 bits per heavy atom. The molecule has 138 valence electrons. The zero-order chi connectivity index (χ0) is 18.5. The van der Waals surface area contributed by atoms with E-state index in [4.69, 9.17) is 9.84 Å². The standard InChI is InChI=1S/C17H30N2O5/c1-11(15(21)22)19(5)14(20)13-8-6-12(7-9-13)10-18-16(23)24-17(2,3)4/h11-13H,6-10H2,1-5H3,(H,18,23)(H,21,22)/t11-,12?,13?/m0/s1. The van der Waals surface area contributed by atoms with E-state index in [0.29, 0.717) is 12.5 Å². The summed E-state index contributed by atoms with van der Waals surface area (Å²) in [7, 11) is 1.54. The number of ether oxygens (including phenoxy) is 1. The van der Waals surface area contributed by atoms with Crippen molar-refractivity contribution in [3.8, 4) is 0 Å². The van der Waals surface area contributed by atoms with Gasteiger partial charge in [-0.05, 0) is 59.3 Å². The molecular formula is C17H30N2O5. The van der Waals surface area contributed by atoms with Gasteiger partial charge in [-0.2, -0.15) is 0 Å². The molecule has 0 aromatic heterocycles. The molecule has 1 aliphatic rings. The number of alkyl carbamates (subject to hydrolysis) is 1. The summed E-state index contributed by atoms with van der Waals surface area (Å²) in [4.78, 5) is 36.3. The largest absolute Gasteiger partial charge is 0.480 e. The van der Waals surface area contributed by atoms with Crippen LogP contribution in [-0.4, -0.2) is 53.2 Å². The number of carbonyl (C=O) groups excluding carboxylic acids is 2. The van der Waals surface area contributed by atoms with Crippen molar-refractivity contribution in [1.29, 1.82) is 0 Å². The zero-order valence-corrected chi connectivity index (χ0v) is 15.3. The number of likely N-dealkylation sites (N-methyl/N-ethyl adjacent to an activating group) is 1. The SMILES string of the molecule is C[C@@H](C(=O)O)N(C)C(=O)C1CCC(CNC(=O)OC(C)(C)C)CC1. The van der Waals surface area contributed by atoms with Crippen LogP contribution in [0.2, 0.25) is 0 Å².